The van der Waals surface area contributed by atoms with E-state index in [0.29, 0.717) is 6.54 Å². The normalized spacial score (nSPS) is 13.3. The van der Waals surface area contributed by atoms with Crippen molar-refractivity contribution in [3.8, 4) is 5.75 Å². The van der Waals surface area contributed by atoms with E-state index in [-0.39, 0.29) is 16.5 Å². The van der Waals surface area contributed by atoms with Crippen molar-refractivity contribution in [3.05, 3.63) is 56.7 Å². The van der Waals surface area contributed by atoms with Gasteiger partial charge in [-0.25, -0.2) is 4.98 Å². The van der Waals surface area contributed by atoms with Gasteiger partial charge in [-0.15, -0.1) is 0 Å². The van der Waals surface area contributed by atoms with Gasteiger partial charge in [-0.3, -0.25) is 9.36 Å². The predicted octanol–water partition coefficient (Wildman–Crippen LogP) is 2.44. The molecule has 0 saturated heterocycles. The van der Waals surface area contributed by atoms with E-state index in [1.54, 1.807) is 0 Å². The maximum Gasteiger partial charge on any atom is 0.297 e. The summed E-state index contributed by atoms with van der Waals surface area (Å²) in [5, 5.41) is 0.0997. The number of hydrogen-bond donors (Lipinski definition) is 0. The fraction of sp³-hybridized carbons (Fsp3) is 0.333. The molecule has 0 aliphatic heterocycles. The molecule has 1 aliphatic rings. The van der Waals surface area contributed by atoms with Crippen LogP contribution in [0.4, 0.5) is 0 Å². The molecule has 4 nitrogen and oxygen atoms in total. The van der Waals surface area contributed by atoms with Crippen LogP contribution < -0.4 is 10.3 Å². The third-order valence-corrected chi connectivity index (χ3v) is 3.94. The summed E-state index contributed by atoms with van der Waals surface area (Å²) < 4.78 is 6.52. The molecule has 20 heavy (non-hydrogen) atoms. The van der Waals surface area contributed by atoms with Crippen LogP contribution in [-0.4, -0.2) is 16.7 Å². The van der Waals surface area contributed by atoms with Gasteiger partial charge in [0.1, 0.15) is 0 Å². The zero-order chi connectivity index (χ0) is 14.1. The van der Waals surface area contributed by atoms with Crippen LogP contribution in [0.2, 0.25) is 5.15 Å². The number of fused-ring (bicyclic) bond motifs is 1. The fourth-order valence-electron chi connectivity index (χ4n) is 2.65. The first-order chi connectivity index (χ1) is 9.69. The predicted molar refractivity (Wildman–Crippen MR) is 77.6 cm³/mol. The van der Waals surface area contributed by atoms with Crippen molar-refractivity contribution >= 4 is 11.6 Å². The highest BCUT2D eigenvalue weighted by Crippen LogP contribution is 2.23. The maximum atomic E-state index is 12.2. The smallest absolute Gasteiger partial charge is 0.297 e. The minimum atomic E-state index is -0.256. The first-order valence-electron chi connectivity index (χ1n) is 6.58. The number of rotatable bonds is 3. The lowest BCUT2D eigenvalue weighted by Gasteiger charge is -2.09. The molecule has 0 amide bonds. The summed E-state index contributed by atoms with van der Waals surface area (Å²) in [4.78, 5) is 16.2. The van der Waals surface area contributed by atoms with Gasteiger partial charge < -0.3 is 4.74 Å². The topological polar surface area (TPSA) is 44.1 Å². The van der Waals surface area contributed by atoms with E-state index >= 15 is 0 Å². The monoisotopic (exact) mass is 290 g/mol. The minimum absolute atomic E-state index is 0.0929. The second-order valence-corrected chi connectivity index (χ2v) is 5.32. The van der Waals surface area contributed by atoms with Crippen LogP contribution in [0.25, 0.3) is 0 Å². The molecule has 0 N–H and O–H groups in total. The Labute approximate surface area is 122 Å². The maximum absolute atomic E-state index is 12.2. The van der Waals surface area contributed by atoms with Gasteiger partial charge in [0.2, 0.25) is 5.75 Å². The third kappa shape index (κ3) is 2.31. The Kier molecular flexibility index (Phi) is 3.49. The van der Waals surface area contributed by atoms with Crippen molar-refractivity contribution in [2.45, 2.75) is 25.8 Å². The van der Waals surface area contributed by atoms with Gasteiger partial charge in [0, 0.05) is 0 Å². The molecule has 0 atom stereocenters. The number of ether oxygens (including phenoxy) is 1. The summed E-state index contributed by atoms with van der Waals surface area (Å²) in [5.74, 6) is 0.0929. The van der Waals surface area contributed by atoms with E-state index in [0.717, 1.165) is 18.4 Å². The molecule has 104 valence electrons. The van der Waals surface area contributed by atoms with E-state index in [2.05, 4.69) is 23.2 Å². The van der Waals surface area contributed by atoms with Crippen LogP contribution in [0.5, 0.6) is 5.75 Å². The quantitative estimate of drug-likeness (QED) is 0.816. The second kappa shape index (κ2) is 5.29. The minimum Gasteiger partial charge on any atom is -0.489 e. The van der Waals surface area contributed by atoms with Gasteiger partial charge in [0.25, 0.3) is 5.56 Å². The highest BCUT2D eigenvalue weighted by atomic mass is 35.5. The number of benzene rings is 1. The van der Waals surface area contributed by atoms with E-state index in [1.807, 2.05) is 0 Å². The van der Waals surface area contributed by atoms with Gasteiger partial charge in [0.15, 0.2) is 5.15 Å². The van der Waals surface area contributed by atoms with Crippen molar-refractivity contribution in [1.82, 2.24) is 9.55 Å². The average Bonchev–Trinajstić information content (AvgIpc) is 2.90. The molecule has 2 aromatic rings. The van der Waals surface area contributed by atoms with Crippen LogP contribution in [0, 0.1) is 0 Å². The first-order valence-corrected chi connectivity index (χ1v) is 6.96. The van der Waals surface area contributed by atoms with Gasteiger partial charge in [0.05, 0.1) is 20.0 Å². The number of aryl methyl sites for hydroxylation is 2. The summed E-state index contributed by atoms with van der Waals surface area (Å²) >= 11 is 5.83. The second-order valence-electron chi connectivity index (χ2n) is 4.96. The average molecular weight is 291 g/mol. The summed E-state index contributed by atoms with van der Waals surface area (Å²) in [6.07, 6.45) is 4.96. The summed E-state index contributed by atoms with van der Waals surface area (Å²) in [6.45, 7) is 0.479. The Bertz CT molecular complexity index is 710. The summed E-state index contributed by atoms with van der Waals surface area (Å²) in [7, 11) is 1.42. The van der Waals surface area contributed by atoms with E-state index in [9.17, 15) is 4.79 Å². The molecule has 0 bridgehead atoms. The summed E-state index contributed by atoms with van der Waals surface area (Å²) in [5.41, 5.74) is 3.66. The molecule has 1 aromatic carbocycles. The van der Waals surface area contributed by atoms with Crippen molar-refractivity contribution in [3.63, 3.8) is 0 Å². The molecule has 1 heterocycles. The lowest BCUT2D eigenvalue weighted by atomic mass is 10.1. The molecule has 0 unspecified atom stereocenters. The van der Waals surface area contributed by atoms with Crippen LogP contribution in [0.1, 0.15) is 23.1 Å². The standard InChI is InChI=1S/C15H15ClN2O2/c1-20-13-14(16)17-9-18(15(13)19)8-10-5-6-11-3-2-4-12(11)7-10/h5-7,9H,2-4,8H2,1H3. The number of aromatic nitrogens is 2. The molecular weight excluding hydrogens is 276 g/mol. The van der Waals surface area contributed by atoms with Crippen molar-refractivity contribution in [2.24, 2.45) is 0 Å². The Morgan fingerprint density at radius 2 is 2.15 bits per heavy atom. The molecule has 3 rings (SSSR count). The Morgan fingerprint density at radius 1 is 1.35 bits per heavy atom. The molecule has 0 spiro atoms. The number of hydrogen-bond acceptors (Lipinski definition) is 3. The van der Waals surface area contributed by atoms with Gasteiger partial charge in [-0.1, -0.05) is 29.8 Å². The molecule has 5 heteroatoms. The van der Waals surface area contributed by atoms with Crippen molar-refractivity contribution in [1.29, 1.82) is 0 Å². The lowest BCUT2D eigenvalue weighted by Crippen LogP contribution is -2.22. The van der Waals surface area contributed by atoms with E-state index in [1.165, 1.54) is 35.6 Å². The molecule has 1 aromatic heterocycles. The zero-order valence-corrected chi connectivity index (χ0v) is 12.0. The third-order valence-electron chi connectivity index (χ3n) is 3.67. The molecule has 0 saturated carbocycles. The Morgan fingerprint density at radius 3 is 2.95 bits per heavy atom. The highest BCUT2D eigenvalue weighted by molar-refractivity contribution is 6.30. The van der Waals surface area contributed by atoms with E-state index in [4.69, 9.17) is 16.3 Å². The summed E-state index contributed by atoms with van der Waals surface area (Å²) in [6, 6.07) is 6.40. The zero-order valence-electron chi connectivity index (χ0n) is 11.2. The number of halogens is 1. The van der Waals surface area contributed by atoms with Gasteiger partial charge >= 0.3 is 0 Å². The highest BCUT2D eigenvalue weighted by Gasteiger charge is 2.13. The Hall–Kier alpha value is -1.81. The molecule has 1 aliphatic carbocycles. The van der Waals surface area contributed by atoms with E-state index < -0.39 is 0 Å². The van der Waals surface area contributed by atoms with Gasteiger partial charge in [-0.05, 0) is 36.0 Å². The lowest BCUT2D eigenvalue weighted by molar-refractivity contribution is 0.401. The van der Waals surface area contributed by atoms with Crippen LogP contribution in [0.15, 0.2) is 29.3 Å². The van der Waals surface area contributed by atoms with Gasteiger partial charge in [-0.2, -0.15) is 0 Å². The largest absolute Gasteiger partial charge is 0.489 e. The van der Waals surface area contributed by atoms with Crippen LogP contribution >= 0.6 is 11.6 Å². The number of methoxy groups -OCH3 is 1. The van der Waals surface area contributed by atoms with Crippen LogP contribution in [-0.2, 0) is 19.4 Å². The molecule has 0 radical (unpaired) electrons. The number of nitrogens with zero attached hydrogens (tertiary/aromatic N) is 2. The SMILES string of the molecule is COc1c(Cl)ncn(Cc2ccc3c(c2)CCC3)c1=O. The van der Waals surface area contributed by atoms with Crippen molar-refractivity contribution in [2.75, 3.05) is 7.11 Å². The Balaban J connectivity index is 1.94. The van der Waals surface area contributed by atoms with Crippen molar-refractivity contribution < 1.29 is 4.74 Å². The fourth-order valence-corrected chi connectivity index (χ4v) is 2.86. The first kappa shape index (κ1) is 13.2. The molecular formula is C15H15ClN2O2. The van der Waals surface area contributed by atoms with Crippen LogP contribution in [0.3, 0.4) is 0 Å². The molecule has 0 fully saturated rings.